The van der Waals surface area contributed by atoms with Gasteiger partial charge in [0, 0.05) is 61.5 Å². The summed E-state index contributed by atoms with van der Waals surface area (Å²) in [5, 5.41) is 4.75. The van der Waals surface area contributed by atoms with Crippen molar-refractivity contribution in [3.05, 3.63) is 54.3 Å². The van der Waals surface area contributed by atoms with Crippen LogP contribution in [0.2, 0.25) is 0 Å². The van der Waals surface area contributed by atoms with Crippen LogP contribution in [0.15, 0.2) is 47.4 Å². The number of aromatic nitrogens is 4. The number of aryl methyl sites for hydroxylation is 1. The minimum Gasteiger partial charge on any atom is -0.481 e. The monoisotopic (exact) mass is 519 g/mol. The smallest absolute Gasteiger partial charge is 0.414 e. The molecule has 0 aromatic carbocycles. The predicted molar refractivity (Wildman–Crippen MR) is 138 cm³/mol. The van der Waals surface area contributed by atoms with Gasteiger partial charge in [-0.25, -0.2) is 14.8 Å². The third-order valence-electron chi connectivity index (χ3n) is 6.43. The summed E-state index contributed by atoms with van der Waals surface area (Å²) >= 11 is 0. The number of nitrogens with zero attached hydrogens (tertiary/aromatic N) is 5. The van der Waals surface area contributed by atoms with E-state index in [1.165, 1.54) is 18.2 Å². The van der Waals surface area contributed by atoms with Gasteiger partial charge in [-0.1, -0.05) is 0 Å². The Kier molecular flexibility index (Phi) is 7.36. The van der Waals surface area contributed by atoms with Gasteiger partial charge < -0.3 is 18.6 Å². The van der Waals surface area contributed by atoms with Gasteiger partial charge in [-0.2, -0.15) is 5.10 Å². The molecule has 11 heteroatoms. The van der Waals surface area contributed by atoms with Gasteiger partial charge in [-0.15, -0.1) is 0 Å². The van der Waals surface area contributed by atoms with Crippen molar-refractivity contribution in [2.24, 2.45) is 7.05 Å². The number of ether oxygens (including phenoxy) is 3. The maximum absolute atomic E-state index is 13.7. The molecule has 5 rings (SSSR count). The lowest BCUT2D eigenvalue weighted by atomic mass is 10.1. The molecule has 0 radical (unpaired) electrons. The molecule has 0 saturated carbocycles. The van der Waals surface area contributed by atoms with Gasteiger partial charge in [0.25, 0.3) is 0 Å². The maximum Gasteiger partial charge on any atom is 0.414 e. The molecule has 1 aliphatic heterocycles. The molecule has 1 fully saturated rings. The minimum absolute atomic E-state index is 0.0248. The molecule has 1 saturated heterocycles. The largest absolute Gasteiger partial charge is 0.481 e. The van der Waals surface area contributed by atoms with Crippen molar-refractivity contribution >= 4 is 28.7 Å². The van der Waals surface area contributed by atoms with Gasteiger partial charge in [0.2, 0.25) is 23.1 Å². The fraction of sp³-hybridized carbons (Fsp3) is 0.370. The molecular formula is C27H29N5O6. The standard InChI is InChI=1S/C27H29N5O6/c1-4-36-27(34)32(10-9-20-6-5-11-37-20)23-21-12-18(19-15-30-31(2)16-19)14-29-26(21)38-25(23)24(33)17-7-8-22(35-3)28-13-17/h7-8,12-16,20H,4-6,9-11H2,1-3H3. The highest BCUT2D eigenvalue weighted by Gasteiger charge is 2.32. The van der Waals surface area contributed by atoms with Crippen LogP contribution in [0.1, 0.15) is 42.3 Å². The van der Waals surface area contributed by atoms with Gasteiger partial charge in [-0.3, -0.25) is 14.4 Å². The van der Waals surface area contributed by atoms with Crippen LogP contribution >= 0.6 is 0 Å². The van der Waals surface area contributed by atoms with E-state index in [1.54, 1.807) is 36.1 Å². The molecule has 0 N–H and O–H groups in total. The molecule has 11 nitrogen and oxygen atoms in total. The Bertz CT molecular complexity index is 1440. The van der Waals surface area contributed by atoms with Crippen molar-refractivity contribution in [3.63, 3.8) is 0 Å². The Hall–Kier alpha value is -4.25. The summed E-state index contributed by atoms with van der Waals surface area (Å²) in [7, 11) is 3.32. The first-order chi connectivity index (χ1) is 18.5. The van der Waals surface area contributed by atoms with Gasteiger partial charge in [0.15, 0.2) is 0 Å². The average molecular weight is 520 g/mol. The number of methoxy groups -OCH3 is 1. The quantitative estimate of drug-likeness (QED) is 0.296. The zero-order valence-corrected chi connectivity index (χ0v) is 21.5. The van der Waals surface area contributed by atoms with Crippen LogP contribution in [0.25, 0.3) is 22.2 Å². The van der Waals surface area contributed by atoms with Crippen molar-refractivity contribution in [3.8, 4) is 17.0 Å². The fourth-order valence-corrected chi connectivity index (χ4v) is 4.53. The van der Waals surface area contributed by atoms with Crippen molar-refractivity contribution in [2.75, 3.05) is 31.8 Å². The first-order valence-corrected chi connectivity index (χ1v) is 12.5. The molecule has 4 aromatic rings. The van der Waals surface area contributed by atoms with Crippen molar-refractivity contribution < 1.29 is 28.2 Å². The number of ketones is 1. The average Bonchev–Trinajstić information content (AvgIpc) is 3.69. The van der Waals surface area contributed by atoms with E-state index >= 15 is 0 Å². The highest BCUT2D eigenvalue weighted by molar-refractivity contribution is 6.17. The SMILES string of the molecule is CCOC(=O)N(CCC1CCCO1)c1c(C(=O)c2ccc(OC)nc2)oc2ncc(-c3cnn(C)c3)cc12. The van der Waals surface area contributed by atoms with Crippen LogP contribution in [-0.2, 0) is 16.5 Å². The summed E-state index contributed by atoms with van der Waals surface area (Å²) in [5.41, 5.74) is 2.41. The first kappa shape index (κ1) is 25.4. The Morgan fingerprint density at radius 2 is 2.05 bits per heavy atom. The number of hydrogen-bond acceptors (Lipinski definition) is 9. The number of carbonyl (C=O) groups excluding carboxylic acids is 2. The number of anilines is 1. The number of furan rings is 1. The molecule has 1 aliphatic rings. The number of amides is 1. The molecule has 198 valence electrons. The zero-order chi connectivity index (χ0) is 26.6. The molecule has 4 aromatic heterocycles. The predicted octanol–water partition coefficient (Wildman–Crippen LogP) is 4.39. The number of hydrogen-bond donors (Lipinski definition) is 0. The van der Waals surface area contributed by atoms with E-state index in [4.69, 9.17) is 18.6 Å². The van der Waals surface area contributed by atoms with Crippen molar-refractivity contribution in [2.45, 2.75) is 32.3 Å². The third kappa shape index (κ3) is 5.10. The number of pyridine rings is 2. The second kappa shape index (κ2) is 11.0. The summed E-state index contributed by atoms with van der Waals surface area (Å²) in [6.45, 7) is 2.89. The van der Waals surface area contributed by atoms with E-state index in [2.05, 4.69) is 15.1 Å². The number of fused-ring (bicyclic) bond motifs is 1. The molecular weight excluding hydrogens is 490 g/mol. The van der Waals surface area contributed by atoms with Crippen molar-refractivity contribution in [1.82, 2.24) is 19.7 Å². The van der Waals surface area contributed by atoms with Gasteiger partial charge >= 0.3 is 6.09 Å². The van der Waals surface area contributed by atoms with Gasteiger partial charge in [0.05, 0.1) is 31.4 Å². The van der Waals surface area contributed by atoms with E-state index < -0.39 is 11.9 Å². The normalized spacial score (nSPS) is 15.1. The Morgan fingerprint density at radius 3 is 2.71 bits per heavy atom. The van der Waals surface area contributed by atoms with Crippen LogP contribution in [0, 0.1) is 0 Å². The Labute approximate surface area is 219 Å². The lowest BCUT2D eigenvalue weighted by Crippen LogP contribution is -2.35. The van der Waals surface area contributed by atoms with Crippen LogP contribution in [0.5, 0.6) is 5.88 Å². The van der Waals surface area contributed by atoms with Gasteiger partial charge in [-0.05, 0) is 38.3 Å². The maximum atomic E-state index is 13.7. The lowest BCUT2D eigenvalue weighted by molar-refractivity contribution is 0.101. The van der Waals surface area contributed by atoms with E-state index in [9.17, 15) is 9.59 Å². The van der Waals surface area contributed by atoms with E-state index in [0.29, 0.717) is 30.0 Å². The van der Waals surface area contributed by atoms with Gasteiger partial charge in [0.1, 0.15) is 5.69 Å². The topological polar surface area (TPSA) is 122 Å². The summed E-state index contributed by atoms with van der Waals surface area (Å²) in [6.07, 6.45) is 8.56. The van der Waals surface area contributed by atoms with E-state index in [1.807, 2.05) is 19.3 Å². The second-order valence-corrected chi connectivity index (χ2v) is 8.95. The summed E-state index contributed by atoms with van der Waals surface area (Å²) in [5.74, 6) is -0.0930. The highest BCUT2D eigenvalue weighted by Crippen LogP contribution is 2.37. The molecule has 0 aliphatic carbocycles. The molecule has 1 amide bonds. The van der Waals surface area contributed by atoms with E-state index in [0.717, 1.165) is 24.0 Å². The van der Waals surface area contributed by atoms with E-state index in [-0.39, 0.29) is 36.3 Å². The highest BCUT2D eigenvalue weighted by atomic mass is 16.6. The Balaban J connectivity index is 1.64. The number of rotatable bonds is 9. The zero-order valence-electron chi connectivity index (χ0n) is 21.5. The fourth-order valence-electron chi connectivity index (χ4n) is 4.53. The van der Waals surface area contributed by atoms with Crippen molar-refractivity contribution in [1.29, 1.82) is 0 Å². The summed E-state index contributed by atoms with van der Waals surface area (Å²) in [4.78, 5) is 37.1. The lowest BCUT2D eigenvalue weighted by Gasteiger charge is -2.23. The molecule has 0 bridgehead atoms. The van der Waals surface area contributed by atoms with Crippen LogP contribution in [0.4, 0.5) is 10.5 Å². The first-order valence-electron chi connectivity index (χ1n) is 12.5. The van der Waals surface area contributed by atoms with Crippen LogP contribution in [-0.4, -0.2) is 64.6 Å². The molecule has 38 heavy (non-hydrogen) atoms. The molecule has 0 spiro atoms. The van der Waals surface area contributed by atoms with Crippen LogP contribution < -0.4 is 9.64 Å². The Morgan fingerprint density at radius 1 is 1.18 bits per heavy atom. The molecule has 1 atom stereocenters. The summed E-state index contributed by atoms with van der Waals surface area (Å²) < 4.78 is 24.0. The number of carbonyl (C=O) groups is 2. The molecule has 1 unspecified atom stereocenters. The molecule has 5 heterocycles. The third-order valence-corrected chi connectivity index (χ3v) is 6.43. The van der Waals surface area contributed by atoms with Crippen LogP contribution in [0.3, 0.4) is 0 Å². The second-order valence-electron chi connectivity index (χ2n) is 8.95. The summed E-state index contributed by atoms with van der Waals surface area (Å²) in [6, 6.07) is 5.04. The minimum atomic E-state index is -0.582.